The number of aliphatic hydroxyl groups is 1. The number of hydrogen-bond acceptors (Lipinski definition) is 2. The van der Waals surface area contributed by atoms with Crippen molar-refractivity contribution < 1.29 is 18.7 Å². The van der Waals surface area contributed by atoms with Crippen LogP contribution in [0.5, 0.6) is 0 Å². The Bertz CT molecular complexity index is 482. The van der Waals surface area contributed by atoms with Crippen LogP contribution in [0.25, 0.3) is 0 Å². The van der Waals surface area contributed by atoms with E-state index in [1.165, 1.54) is 0 Å². The molecule has 1 unspecified atom stereocenters. The molecule has 0 fully saturated rings. The minimum Gasteiger partial charge on any atom is -0.396 e. The molecule has 0 aliphatic rings. The molecule has 0 spiro atoms. The highest BCUT2D eigenvalue weighted by molar-refractivity contribution is 6.33. The van der Waals surface area contributed by atoms with Gasteiger partial charge in [0.15, 0.2) is 11.6 Å². The largest absolute Gasteiger partial charge is 0.396 e. The van der Waals surface area contributed by atoms with E-state index in [1.807, 2.05) is 6.92 Å². The third kappa shape index (κ3) is 3.88. The molecule has 2 N–H and O–H groups in total. The second-order valence-electron chi connectivity index (χ2n) is 4.59. The number of nitrogens with one attached hydrogen (secondary N) is 1. The molecule has 106 valence electrons. The van der Waals surface area contributed by atoms with Gasteiger partial charge in [-0.2, -0.15) is 0 Å². The molecule has 0 saturated heterocycles. The number of aliphatic hydroxyl groups excluding tert-OH is 1. The summed E-state index contributed by atoms with van der Waals surface area (Å²) in [5.41, 5.74) is -0.752. The lowest BCUT2D eigenvalue weighted by molar-refractivity contribution is 0.0885. The Kier molecular flexibility index (Phi) is 5.26. The minimum absolute atomic E-state index is 0.0872. The van der Waals surface area contributed by atoms with Crippen molar-refractivity contribution in [2.24, 2.45) is 0 Å². The summed E-state index contributed by atoms with van der Waals surface area (Å²) < 4.78 is 26.1. The lowest BCUT2D eigenvalue weighted by Crippen LogP contribution is -2.46. The first-order valence-electron chi connectivity index (χ1n) is 5.91. The number of carbonyl (C=O) groups excluding carboxylic acids is 1. The van der Waals surface area contributed by atoms with E-state index < -0.39 is 23.1 Å². The summed E-state index contributed by atoms with van der Waals surface area (Å²) in [5.74, 6) is -2.83. The van der Waals surface area contributed by atoms with Gasteiger partial charge in [-0.3, -0.25) is 4.79 Å². The van der Waals surface area contributed by atoms with E-state index in [4.69, 9.17) is 16.7 Å². The van der Waals surface area contributed by atoms with Gasteiger partial charge in [0.05, 0.1) is 10.6 Å². The second-order valence-corrected chi connectivity index (χ2v) is 5.00. The second kappa shape index (κ2) is 6.30. The molecule has 1 aromatic carbocycles. The van der Waals surface area contributed by atoms with Gasteiger partial charge in [-0.15, -0.1) is 0 Å². The van der Waals surface area contributed by atoms with Crippen molar-refractivity contribution in [1.29, 1.82) is 0 Å². The predicted octanol–water partition coefficient (Wildman–Crippen LogP) is 2.90. The van der Waals surface area contributed by atoms with Crippen molar-refractivity contribution in [3.05, 3.63) is 34.4 Å². The average molecular weight is 292 g/mol. The van der Waals surface area contributed by atoms with E-state index in [0.29, 0.717) is 12.8 Å². The number of carbonyl (C=O) groups is 1. The maximum absolute atomic E-state index is 13.1. The van der Waals surface area contributed by atoms with Crippen LogP contribution >= 0.6 is 11.6 Å². The first-order chi connectivity index (χ1) is 8.83. The molecule has 0 aliphatic carbocycles. The van der Waals surface area contributed by atoms with Crippen LogP contribution in [0.1, 0.15) is 37.0 Å². The quantitative estimate of drug-likeness (QED) is 0.820. The van der Waals surface area contributed by atoms with Crippen LogP contribution in [-0.2, 0) is 0 Å². The SMILES string of the molecule is CCC(C)(CCO)NC(=O)c1cc(F)c(F)cc1Cl. The smallest absolute Gasteiger partial charge is 0.253 e. The molecule has 1 atom stereocenters. The fraction of sp³-hybridized carbons (Fsp3) is 0.462. The Hall–Kier alpha value is -1.20. The van der Waals surface area contributed by atoms with Crippen molar-refractivity contribution in [3.8, 4) is 0 Å². The van der Waals surface area contributed by atoms with E-state index >= 15 is 0 Å². The summed E-state index contributed by atoms with van der Waals surface area (Å²) in [6.45, 7) is 3.52. The van der Waals surface area contributed by atoms with Crippen LogP contribution < -0.4 is 5.32 Å². The molecule has 1 aromatic rings. The molecule has 19 heavy (non-hydrogen) atoms. The highest BCUT2D eigenvalue weighted by Crippen LogP contribution is 2.22. The Morgan fingerprint density at radius 3 is 2.53 bits per heavy atom. The van der Waals surface area contributed by atoms with Crippen LogP contribution in [0, 0.1) is 11.6 Å². The summed E-state index contributed by atoms with van der Waals surface area (Å²) >= 11 is 5.73. The molecule has 1 rings (SSSR count). The van der Waals surface area contributed by atoms with Gasteiger partial charge in [0.2, 0.25) is 0 Å². The van der Waals surface area contributed by atoms with Crippen LogP contribution in [0.15, 0.2) is 12.1 Å². The van der Waals surface area contributed by atoms with E-state index in [2.05, 4.69) is 5.32 Å². The molecule has 0 aromatic heterocycles. The molecular weight excluding hydrogens is 276 g/mol. The van der Waals surface area contributed by atoms with Gasteiger partial charge in [0, 0.05) is 12.1 Å². The third-order valence-electron chi connectivity index (χ3n) is 3.11. The summed E-state index contributed by atoms with van der Waals surface area (Å²) in [6, 6.07) is 1.53. The summed E-state index contributed by atoms with van der Waals surface area (Å²) in [4.78, 5) is 12.0. The van der Waals surface area contributed by atoms with Gasteiger partial charge in [-0.05, 0) is 31.9 Å². The van der Waals surface area contributed by atoms with Crippen LogP contribution in [0.4, 0.5) is 8.78 Å². The monoisotopic (exact) mass is 291 g/mol. The van der Waals surface area contributed by atoms with Gasteiger partial charge in [-0.1, -0.05) is 18.5 Å². The van der Waals surface area contributed by atoms with Crippen molar-refractivity contribution in [1.82, 2.24) is 5.32 Å². The number of amides is 1. The van der Waals surface area contributed by atoms with Gasteiger partial charge in [0.1, 0.15) is 0 Å². The molecule has 0 saturated carbocycles. The fourth-order valence-corrected chi connectivity index (χ4v) is 1.85. The maximum atomic E-state index is 13.1. The number of halogens is 3. The molecule has 0 bridgehead atoms. The van der Waals surface area contributed by atoms with E-state index in [1.54, 1.807) is 6.92 Å². The van der Waals surface area contributed by atoms with Gasteiger partial charge >= 0.3 is 0 Å². The Morgan fingerprint density at radius 2 is 2.00 bits per heavy atom. The normalized spacial score (nSPS) is 14.0. The first-order valence-corrected chi connectivity index (χ1v) is 6.28. The van der Waals surface area contributed by atoms with Crippen molar-refractivity contribution in [2.45, 2.75) is 32.2 Å². The predicted molar refractivity (Wildman–Crippen MR) is 69.2 cm³/mol. The average Bonchev–Trinajstić information content (AvgIpc) is 2.33. The number of hydrogen-bond donors (Lipinski definition) is 2. The summed E-state index contributed by atoms with van der Waals surface area (Å²) in [7, 11) is 0. The van der Waals surface area contributed by atoms with Gasteiger partial charge < -0.3 is 10.4 Å². The Morgan fingerprint density at radius 1 is 1.42 bits per heavy atom. The molecule has 0 aliphatic heterocycles. The van der Waals surface area contributed by atoms with Crippen molar-refractivity contribution in [2.75, 3.05) is 6.61 Å². The molecule has 0 radical (unpaired) electrons. The number of benzene rings is 1. The summed E-state index contributed by atoms with van der Waals surface area (Å²) in [6.07, 6.45) is 0.942. The highest BCUT2D eigenvalue weighted by atomic mass is 35.5. The maximum Gasteiger partial charge on any atom is 0.253 e. The topological polar surface area (TPSA) is 49.3 Å². The van der Waals surface area contributed by atoms with E-state index in [0.717, 1.165) is 12.1 Å². The van der Waals surface area contributed by atoms with E-state index in [-0.39, 0.29) is 17.2 Å². The fourth-order valence-electron chi connectivity index (χ4n) is 1.61. The van der Waals surface area contributed by atoms with Gasteiger partial charge in [0.25, 0.3) is 5.91 Å². The first kappa shape index (κ1) is 15.9. The van der Waals surface area contributed by atoms with E-state index in [9.17, 15) is 13.6 Å². The lowest BCUT2D eigenvalue weighted by atomic mass is 9.94. The molecule has 3 nitrogen and oxygen atoms in total. The van der Waals surface area contributed by atoms with Gasteiger partial charge in [-0.25, -0.2) is 8.78 Å². The zero-order chi connectivity index (χ0) is 14.6. The zero-order valence-corrected chi connectivity index (χ0v) is 11.5. The molecule has 0 heterocycles. The van der Waals surface area contributed by atoms with Crippen LogP contribution in [0.2, 0.25) is 5.02 Å². The zero-order valence-electron chi connectivity index (χ0n) is 10.8. The molecule has 6 heteroatoms. The summed E-state index contributed by atoms with van der Waals surface area (Å²) in [5, 5.41) is 11.5. The molecule has 1 amide bonds. The lowest BCUT2D eigenvalue weighted by Gasteiger charge is -2.29. The Labute approximate surface area is 115 Å². The van der Waals surface area contributed by atoms with Crippen LogP contribution in [0.3, 0.4) is 0 Å². The number of rotatable bonds is 5. The standard InChI is InChI=1S/C13H16ClF2NO2/c1-3-13(2,4-5-18)17-12(19)8-6-10(15)11(16)7-9(8)14/h6-7,18H,3-5H2,1-2H3,(H,17,19). The highest BCUT2D eigenvalue weighted by Gasteiger charge is 2.25. The van der Waals surface area contributed by atoms with Crippen molar-refractivity contribution >= 4 is 17.5 Å². The van der Waals surface area contributed by atoms with Crippen molar-refractivity contribution in [3.63, 3.8) is 0 Å². The third-order valence-corrected chi connectivity index (χ3v) is 3.43. The Balaban J connectivity index is 2.98. The minimum atomic E-state index is -1.13. The molecular formula is C13H16ClF2NO2. The van der Waals surface area contributed by atoms with Crippen LogP contribution in [-0.4, -0.2) is 23.2 Å².